The number of carbonyl (C=O) groups is 3. The molecule has 13 atom stereocenters. The van der Waals surface area contributed by atoms with E-state index in [1.54, 1.807) is 12.5 Å². The molecule has 1 unspecified atom stereocenters. The third-order valence-corrected chi connectivity index (χ3v) is 16.3. The van der Waals surface area contributed by atoms with Crippen LogP contribution in [0, 0.1) is 57.2 Å². The van der Waals surface area contributed by atoms with E-state index in [-0.39, 0.29) is 51.5 Å². The molecule has 0 radical (unpaired) electrons. The first-order valence-electron chi connectivity index (χ1n) is 19.2. The van der Waals surface area contributed by atoms with Crippen molar-refractivity contribution in [1.82, 2.24) is 0 Å². The Kier molecular flexibility index (Phi) is 7.67. The van der Waals surface area contributed by atoms with Crippen molar-refractivity contribution in [3.8, 4) is 0 Å². The molecule has 5 fully saturated rings. The molecule has 0 aromatic rings. The van der Waals surface area contributed by atoms with Gasteiger partial charge >= 0.3 is 0 Å². The molecule has 5 nitrogen and oxygen atoms in total. The van der Waals surface area contributed by atoms with Gasteiger partial charge in [0.15, 0.2) is 17.3 Å². The predicted octanol–water partition coefficient (Wildman–Crippen LogP) is 7.75. The standard InChI is InChI=1S/C23H28O3.C19H27FO2/c1-14(24)20(26)23-11-9-22(10-12-23)19-6-3-15-13-16(25)4-5-17(15)18(19)7-8-21(22,23)2;1-10-7-11-8-12(21)3-4-13(11)18-15(20)9-19(2)14(17(10)18)5-6-16(19)22/h9,11,13-14,19,24H,3-8,10,12H2,1-2H3;8,10,13-18,22H,3-7,9H2,1-2H3/t14-,19+,21-,22?,23-;10-,13+,14+,15+,16+,17+,18+,19+/m01/s1. The Bertz CT molecular complexity index is 1570. The smallest absolute Gasteiger partial charge is 0.171 e. The van der Waals surface area contributed by atoms with Gasteiger partial charge in [0.25, 0.3) is 0 Å². The molecule has 6 heteroatoms. The van der Waals surface area contributed by atoms with E-state index in [1.165, 1.54) is 16.7 Å². The van der Waals surface area contributed by atoms with Crippen LogP contribution in [-0.4, -0.2) is 45.9 Å². The second kappa shape index (κ2) is 11.2. The molecule has 9 aliphatic rings. The number of fused-ring (bicyclic) bond motifs is 7. The third kappa shape index (κ3) is 4.29. The SMILES string of the molecule is C[C@@H]1CC2=CC(=O)CC[C@@H]2[C@@H]2[C@@H]1[C@@H]1CC[C@H](O)[C@@]1(C)C[C@@H]2F.C[C@H](O)C(=O)[C@]12C=CC3(CC1)[C@@H]1CCC4=CC(=O)CCC4=C1CC[C@@]32C. The largest absolute Gasteiger partial charge is 0.393 e. The number of carbonyl (C=O) groups excluding carboxylic acids is 3. The number of aliphatic hydroxyl groups excluding tert-OH is 2. The van der Waals surface area contributed by atoms with Crippen molar-refractivity contribution < 1.29 is 29.0 Å². The number of rotatable bonds is 2. The van der Waals surface area contributed by atoms with Gasteiger partial charge in [-0.3, -0.25) is 14.4 Å². The summed E-state index contributed by atoms with van der Waals surface area (Å²) in [5, 5.41) is 20.5. The van der Waals surface area contributed by atoms with E-state index < -0.39 is 17.7 Å². The second-order valence-electron chi connectivity index (χ2n) is 18.0. The zero-order valence-corrected chi connectivity index (χ0v) is 29.4. The minimum absolute atomic E-state index is 0.0198. The molecule has 0 heterocycles. The van der Waals surface area contributed by atoms with Gasteiger partial charge in [0, 0.05) is 24.2 Å². The molecular weight excluding hydrogens is 603 g/mol. The molecule has 2 bridgehead atoms. The molecule has 0 spiro atoms. The summed E-state index contributed by atoms with van der Waals surface area (Å²) in [6.45, 7) is 8.29. The second-order valence-corrected chi connectivity index (χ2v) is 18.0. The molecule has 0 aliphatic heterocycles. The molecule has 9 rings (SSSR count). The summed E-state index contributed by atoms with van der Waals surface area (Å²) in [5.74, 6) is 2.63. The van der Waals surface area contributed by atoms with Crippen LogP contribution >= 0.6 is 0 Å². The average molecular weight is 659 g/mol. The molecule has 0 amide bonds. The van der Waals surface area contributed by atoms with Gasteiger partial charge < -0.3 is 10.2 Å². The summed E-state index contributed by atoms with van der Waals surface area (Å²) in [7, 11) is 0. The molecule has 0 aromatic carbocycles. The maximum Gasteiger partial charge on any atom is 0.171 e. The van der Waals surface area contributed by atoms with Gasteiger partial charge in [0.2, 0.25) is 0 Å². The maximum atomic E-state index is 15.2. The fourth-order valence-electron chi connectivity index (χ4n) is 14.0. The number of allylic oxidation sites excluding steroid dienone is 7. The Balaban J connectivity index is 0.000000142. The lowest BCUT2D eigenvalue weighted by atomic mass is 9.47. The Labute approximate surface area is 285 Å². The van der Waals surface area contributed by atoms with Gasteiger partial charge in [-0.25, -0.2) is 4.39 Å². The van der Waals surface area contributed by atoms with Crippen LogP contribution in [0.5, 0.6) is 0 Å². The zero-order valence-electron chi connectivity index (χ0n) is 29.4. The van der Waals surface area contributed by atoms with E-state index in [2.05, 4.69) is 32.9 Å². The highest BCUT2D eigenvalue weighted by Gasteiger charge is 2.73. The van der Waals surface area contributed by atoms with E-state index in [0.717, 1.165) is 70.6 Å². The topological polar surface area (TPSA) is 91.7 Å². The van der Waals surface area contributed by atoms with Gasteiger partial charge in [-0.15, -0.1) is 0 Å². The van der Waals surface area contributed by atoms with Crippen molar-refractivity contribution in [2.24, 2.45) is 57.2 Å². The Hall–Kier alpha value is -2.18. The number of aliphatic hydroxyl groups is 2. The number of hydrogen-bond acceptors (Lipinski definition) is 5. The van der Waals surface area contributed by atoms with Crippen molar-refractivity contribution in [2.45, 2.75) is 136 Å². The predicted molar refractivity (Wildman–Crippen MR) is 182 cm³/mol. The van der Waals surface area contributed by atoms with Crippen LogP contribution in [0.25, 0.3) is 0 Å². The van der Waals surface area contributed by atoms with Crippen molar-refractivity contribution in [3.05, 3.63) is 46.6 Å². The minimum Gasteiger partial charge on any atom is -0.393 e. The zero-order chi connectivity index (χ0) is 34.0. The number of hydrogen-bond donors (Lipinski definition) is 2. The van der Waals surface area contributed by atoms with Gasteiger partial charge in [-0.05, 0) is 148 Å². The monoisotopic (exact) mass is 658 g/mol. The first kappa shape index (κ1) is 33.0. The van der Waals surface area contributed by atoms with Gasteiger partial charge in [-0.1, -0.05) is 44.1 Å². The molecule has 9 aliphatic carbocycles. The van der Waals surface area contributed by atoms with Gasteiger partial charge in [-0.2, -0.15) is 0 Å². The number of ketones is 3. The van der Waals surface area contributed by atoms with Crippen LogP contribution < -0.4 is 0 Å². The highest BCUT2D eigenvalue weighted by Crippen LogP contribution is 2.77. The Morgan fingerprint density at radius 3 is 2.42 bits per heavy atom. The maximum absolute atomic E-state index is 15.2. The van der Waals surface area contributed by atoms with Crippen LogP contribution in [-0.2, 0) is 14.4 Å². The number of alkyl halides is 1. The van der Waals surface area contributed by atoms with Crippen molar-refractivity contribution >= 4 is 17.3 Å². The van der Waals surface area contributed by atoms with E-state index >= 15 is 4.39 Å². The summed E-state index contributed by atoms with van der Waals surface area (Å²) in [4.78, 5) is 36.6. The molecular formula is C42H55FO5. The lowest BCUT2D eigenvalue weighted by molar-refractivity contribution is -0.141. The molecule has 5 saturated carbocycles. The van der Waals surface area contributed by atoms with E-state index in [9.17, 15) is 24.6 Å². The van der Waals surface area contributed by atoms with E-state index in [1.807, 2.05) is 12.2 Å². The summed E-state index contributed by atoms with van der Waals surface area (Å²) in [6.07, 6.45) is 18.6. The highest BCUT2D eigenvalue weighted by molar-refractivity contribution is 5.94. The third-order valence-electron chi connectivity index (χ3n) is 16.3. The summed E-state index contributed by atoms with van der Waals surface area (Å²) >= 11 is 0. The van der Waals surface area contributed by atoms with Crippen LogP contribution in [0.15, 0.2) is 46.6 Å². The Morgan fingerprint density at radius 1 is 0.917 bits per heavy atom. The van der Waals surface area contributed by atoms with Gasteiger partial charge in [0.05, 0.1) is 11.5 Å². The van der Waals surface area contributed by atoms with Crippen molar-refractivity contribution in [1.29, 1.82) is 0 Å². The van der Waals surface area contributed by atoms with E-state index in [0.29, 0.717) is 42.9 Å². The van der Waals surface area contributed by atoms with Crippen LogP contribution in [0.1, 0.15) is 118 Å². The quantitative estimate of drug-likeness (QED) is 0.296. The summed E-state index contributed by atoms with van der Waals surface area (Å²) < 4.78 is 15.2. The van der Waals surface area contributed by atoms with Crippen LogP contribution in [0.4, 0.5) is 4.39 Å². The highest BCUT2D eigenvalue weighted by atomic mass is 19.1. The number of Topliss-reactive ketones (excluding diaryl/α,β-unsaturated/α-hetero) is 1. The average Bonchev–Trinajstić information content (AvgIpc) is 3.60. The molecule has 0 saturated heterocycles. The van der Waals surface area contributed by atoms with E-state index in [4.69, 9.17) is 0 Å². The lowest BCUT2D eigenvalue weighted by Gasteiger charge is -2.56. The normalized spacial score (nSPS) is 48.9. The minimum atomic E-state index is -0.893. The van der Waals surface area contributed by atoms with Crippen LogP contribution in [0.3, 0.4) is 0 Å². The van der Waals surface area contributed by atoms with Crippen LogP contribution in [0.2, 0.25) is 0 Å². The summed E-state index contributed by atoms with van der Waals surface area (Å²) in [6, 6.07) is 0. The molecule has 260 valence electrons. The van der Waals surface area contributed by atoms with Crippen molar-refractivity contribution in [2.75, 3.05) is 0 Å². The fourth-order valence-corrected chi connectivity index (χ4v) is 14.0. The number of halogens is 1. The molecule has 2 N–H and O–H groups in total. The fraction of sp³-hybridized carbons (Fsp3) is 0.738. The Morgan fingerprint density at radius 2 is 1.69 bits per heavy atom. The lowest BCUT2D eigenvalue weighted by Crippen LogP contribution is -2.54. The van der Waals surface area contributed by atoms with Crippen molar-refractivity contribution in [3.63, 3.8) is 0 Å². The molecule has 48 heavy (non-hydrogen) atoms. The molecule has 0 aromatic heterocycles. The summed E-state index contributed by atoms with van der Waals surface area (Å²) in [5.41, 5.74) is 4.83. The first-order valence-corrected chi connectivity index (χ1v) is 19.2. The van der Waals surface area contributed by atoms with Gasteiger partial charge in [0.1, 0.15) is 12.3 Å². The first-order chi connectivity index (χ1) is 22.8.